The smallest absolute Gasteiger partial charge is 0.0594 e. The maximum atomic E-state index is 9.76. The van der Waals surface area contributed by atoms with Gasteiger partial charge >= 0.3 is 0 Å². The predicted octanol–water partition coefficient (Wildman–Crippen LogP) is 3.51. The Bertz CT molecular complexity index is 396. The molecule has 1 aliphatic carbocycles. The van der Waals surface area contributed by atoms with Gasteiger partial charge in [0, 0.05) is 5.54 Å². The largest absolute Gasteiger partial charge is 0.390 e. The second-order valence-electron chi connectivity index (χ2n) is 6.73. The first-order valence-corrected chi connectivity index (χ1v) is 7.50. The van der Waals surface area contributed by atoms with E-state index in [1.54, 1.807) is 0 Å². The van der Waals surface area contributed by atoms with Crippen LogP contribution >= 0.6 is 0 Å². The maximum Gasteiger partial charge on any atom is 0.0594 e. The molecule has 0 aromatic heterocycles. The zero-order valence-electron chi connectivity index (χ0n) is 12.3. The minimum Gasteiger partial charge on any atom is -0.390 e. The molecule has 0 aliphatic heterocycles. The summed E-state index contributed by atoms with van der Waals surface area (Å²) in [7, 11) is 0. The van der Waals surface area contributed by atoms with Gasteiger partial charge in [0.2, 0.25) is 0 Å². The van der Waals surface area contributed by atoms with Crippen molar-refractivity contribution in [3.63, 3.8) is 0 Å². The molecule has 1 aliphatic rings. The molecular formula is C17H27NO. The molecular weight excluding hydrogens is 234 g/mol. The molecule has 1 aromatic rings. The Labute approximate surface area is 117 Å². The molecule has 106 valence electrons. The highest BCUT2D eigenvalue weighted by atomic mass is 16.3. The molecule has 1 fully saturated rings. The normalized spacial score (nSPS) is 19.4. The molecule has 0 bridgehead atoms. The monoisotopic (exact) mass is 261 g/mol. The van der Waals surface area contributed by atoms with E-state index in [4.69, 9.17) is 5.73 Å². The number of rotatable bonds is 4. The second kappa shape index (κ2) is 5.64. The van der Waals surface area contributed by atoms with E-state index in [0.29, 0.717) is 0 Å². The number of hydrogen-bond acceptors (Lipinski definition) is 2. The summed E-state index contributed by atoms with van der Waals surface area (Å²) in [5.74, 6) is 0. The lowest BCUT2D eigenvalue weighted by atomic mass is 9.77. The van der Waals surface area contributed by atoms with Crippen LogP contribution in [0.4, 0.5) is 0 Å². The number of aliphatic hydroxyl groups is 1. The van der Waals surface area contributed by atoms with Crippen molar-refractivity contribution in [1.82, 2.24) is 0 Å². The third-order valence-electron chi connectivity index (χ3n) is 4.30. The summed E-state index contributed by atoms with van der Waals surface area (Å²) in [5, 5.41) is 9.76. The fourth-order valence-electron chi connectivity index (χ4n) is 2.92. The van der Waals surface area contributed by atoms with E-state index >= 15 is 0 Å². The fourth-order valence-corrected chi connectivity index (χ4v) is 2.92. The molecule has 0 radical (unpaired) electrons. The lowest BCUT2D eigenvalue weighted by molar-refractivity contribution is 0.0714. The van der Waals surface area contributed by atoms with Gasteiger partial charge in [0.05, 0.1) is 5.60 Å². The summed E-state index contributed by atoms with van der Waals surface area (Å²) in [4.78, 5) is 0. The molecule has 19 heavy (non-hydrogen) atoms. The molecule has 1 aromatic carbocycles. The van der Waals surface area contributed by atoms with Gasteiger partial charge in [0.25, 0.3) is 0 Å². The van der Waals surface area contributed by atoms with Crippen molar-refractivity contribution in [3.05, 3.63) is 35.4 Å². The first kappa shape index (κ1) is 14.5. The third-order valence-corrected chi connectivity index (χ3v) is 4.30. The van der Waals surface area contributed by atoms with Crippen molar-refractivity contribution in [2.24, 2.45) is 5.73 Å². The van der Waals surface area contributed by atoms with E-state index in [1.807, 2.05) is 13.8 Å². The van der Waals surface area contributed by atoms with Crippen molar-refractivity contribution < 1.29 is 5.11 Å². The SMILES string of the molecule is CC(C)(O)CCc1ccc(C2(N)CCCCC2)cc1. The number of aryl methyl sites for hydroxylation is 1. The van der Waals surface area contributed by atoms with Crippen LogP contribution in [-0.2, 0) is 12.0 Å². The Kier molecular flexibility index (Phi) is 4.32. The molecule has 0 unspecified atom stereocenters. The van der Waals surface area contributed by atoms with E-state index in [-0.39, 0.29) is 5.54 Å². The van der Waals surface area contributed by atoms with Gasteiger partial charge in [0.15, 0.2) is 0 Å². The standard InChI is InChI=1S/C17H27NO/c1-16(2,19)13-10-14-6-8-15(9-7-14)17(18)11-4-3-5-12-17/h6-9,19H,3-5,10-13,18H2,1-2H3. The van der Waals surface area contributed by atoms with E-state index in [9.17, 15) is 5.11 Å². The van der Waals surface area contributed by atoms with Crippen LogP contribution in [0.5, 0.6) is 0 Å². The molecule has 2 heteroatoms. The van der Waals surface area contributed by atoms with Crippen LogP contribution in [-0.4, -0.2) is 10.7 Å². The zero-order valence-corrected chi connectivity index (χ0v) is 12.3. The van der Waals surface area contributed by atoms with Crippen LogP contribution in [0.15, 0.2) is 24.3 Å². The lowest BCUT2D eigenvalue weighted by Crippen LogP contribution is -2.38. The average molecular weight is 261 g/mol. The van der Waals surface area contributed by atoms with Gasteiger partial charge in [-0.2, -0.15) is 0 Å². The van der Waals surface area contributed by atoms with Crippen LogP contribution in [0, 0.1) is 0 Å². The van der Waals surface area contributed by atoms with Gasteiger partial charge in [-0.1, -0.05) is 43.5 Å². The minimum absolute atomic E-state index is 0.104. The highest BCUT2D eigenvalue weighted by molar-refractivity contribution is 5.29. The van der Waals surface area contributed by atoms with E-state index in [2.05, 4.69) is 24.3 Å². The summed E-state index contributed by atoms with van der Waals surface area (Å²) in [6.45, 7) is 3.72. The van der Waals surface area contributed by atoms with Gasteiger partial charge < -0.3 is 10.8 Å². The van der Waals surface area contributed by atoms with Gasteiger partial charge in [-0.05, 0) is 50.7 Å². The summed E-state index contributed by atoms with van der Waals surface area (Å²) >= 11 is 0. The summed E-state index contributed by atoms with van der Waals surface area (Å²) in [6.07, 6.45) is 7.74. The Morgan fingerprint density at radius 2 is 1.68 bits per heavy atom. The first-order valence-electron chi connectivity index (χ1n) is 7.50. The molecule has 0 atom stereocenters. The van der Waals surface area contributed by atoms with Crippen molar-refractivity contribution in [3.8, 4) is 0 Å². The molecule has 1 saturated carbocycles. The van der Waals surface area contributed by atoms with E-state index in [0.717, 1.165) is 25.7 Å². The molecule has 0 amide bonds. The van der Waals surface area contributed by atoms with Crippen molar-refractivity contribution >= 4 is 0 Å². The van der Waals surface area contributed by atoms with Gasteiger partial charge in [-0.25, -0.2) is 0 Å². The molecule has 2 nitrogen and oxygen atoms in total. The van der Waals surface area contributed by atoms with Gasteiger partial charge in [-0.3, -0.25) is 0 Å². The van der Waals surface area contributed by atoms with Crippen molar-refractivity contribution in [2.75, 3.05) is 0 Å². The Morgan fingerprint density at radius 3 is 2.21 bits per heavy atom. The van der Waals surface area contributed by atoms with Crippen LogP contribution in [0.2, 0.25) is 0 Å². The Morgan fingerprint density at radius 1 is 1.11 bits per heavy atom. The maximum absolute atomic E-state index is 9.76. The zero-order chi connectivity index (χ0) is 13.9. The Balaban J connectivity index is 2.01. The first-order chi connectivity index (χ1) is 8.89. The van der Waals surface area contributed by atoms with Crippen molar-refractivity contribution in [1.29, 1.82) is 0 Å². The lowest BCUT2D eigenvalue weighted by Gasteiger charge is -2.34. The summed E-state index contributed by atoms with van der Waals surface area (Å²) in [5.41, 5.74) is 8.40. The fraction of sp³-hybridized carbons (Fsp3) is 0.647. The van der Waals surface area contributed by atoms with E-state index in [1.165, 1.54) is 30.4 Å². The van der Waals surface area contributed by atoms with Gasteiger partial charge in [-0.15, -0.1) is 0 Å². The molecule has 0 spiro atoms. The molecule has 2 rings (SSSR count). The topological polar surface area (TPSA) is 46.2 Å². The summed E-state index contributed by atoms with van der Waals surface area (Å²) < 4.78 is 0. The highest BCUT2D eigenvalue weighted by Gasteiger charge is 2.29. The third kappa shape index (κ3) is 4.05. The molecule has 3 N–H and O–H groups in total. The van der Waals surface area contributed by atoms with Crippen LogP contribution in [0.1, 0.15) is 63.5 Å². The van der Waals surface area contributed by atoms with Crippen LogP contribution < -0.4 is 5.73 Å². The number of benzene rings is 1. The van der Waals surface area contributed by atoms with Crippen molar-refractivity contribution in [2.45, 2.75) is 69.9 Å². The average Bonchev–Trinajstić information content (AvgIpc) is 2.37. The predicted molar refractivity (Wildman–Crippen MR) is 80.0 cm³/mol. The van der Waals surface area contributed by atoms with Crippen LogP contribution in [0.25, 0.3) is 0 Å². The number of hydrogen-bond donors (Lipinski definition) is 2. The van der Waals surface area contributed by atoms with Gasteiger partial charge in [0.1, 0.15) is 0 Å². The minimum atomic E-state index is -0.586. The van der Waals surface area contributed by atoms with E-state index < -0.39 is 5.60 Å². The Hall–Kier alpha value is -0.860. The number of nitrogens with two attached hydrogens (primary N) is 1. The quantitative estimate of drug-likeness (QED) is 0.871. The molecule has 0 saturated heterocycles. The second-order valence-corrected chi connectivity index (χ2v) is 6.73. The molecule has 0 heterocycles. The summed E-state index contributed by atoms with van der Waals surface area (Å²) in [6, 6.07) is 8.71. The van der Waals surface area contributed by atoms with Crippen LogP contribution in [0.3, 0.4) is 0 Å². The highest BCUT2D eigenvalue weighted by Crippen LogP contribution is 2.34.